The lowest BCUT2D eigenvalue weighted by atomic mass is 10.0. The van der Waals surface area contributed by atoms with E-state index in [-0.39, 0.29) is 12.0 Å². The molecule has 3 rings (SSSR count). The van der Waals surface area contributed by atoms with Crippen molar-refractivity contribution in [3.8, 4) is 5.75 Å². The summed E-state index contributed by atoms with van der Waals surface area (Å²) in [6.07, 6.45) is 10.7. The Morgan fingerprint density at radius 1 is 1.12 bits per heavy atom. The Hall–Kier alpha value is -3.31. The third-order valence-corrected chi connectivity index (χ3v) is 4.75. The van der Waals surface area contributed by atoms with Crippen molar-refractivity contribution < 1.29 is 14.3 Å². The van der Waals surface area contributed by atoms with Gasteiger partial charge in [-0.3, -0.25) is 5.41 Å². The number of nitrogens with one attached hydrogen (secondary N) is 2. The standard InChI is InChI=1S/C25H25ClN2O3.C2H6/c1-17(2)30-23-14-13-21(15-22(23)26)24(27)31-25(29)28-16-18-9-11-20(12-10-18)19-7-5-3-4-6-8-19;1-2/h3,5-15,17,27H,4,16H2,1-2H3,(H,28,29);1-2H3. The van der Waals surface area contributed by atoms with E-state index in [9.17, 15) is 4.79 Å². The van der Waals surface area contributed by atoms with E-state index in [0.717, 1.165) is 23.1 Å². The fraction of sp³-hybridized carbons (Fsp3) is 0.259. The number of amides is 1. The largest absolute Gasteiger partial charge is 0.489 e. The molecule has 33 heavy (non-hydrogen) atoms. The molecule has 2 aromatic carbocycles. The summed E-state index contributed by atoms with van der Waals surface area (Å²) in [6, 6.07) is 12.8. The van der Waals surface area contributed by atoms with Crippen LogP contribution >= 0.6 is 11.6 Å². The molecule has 0 bridgehead atoms. The van der Waals surface area contributed by atoms with Crippen LogP contribution in [0.5, 0.6) is 5.75 Å². The first kappa shape index (κ1) is 25.9. The average molecular weight is 467 g/mol. The van der Waals surface area contributed by atoms with E-state index in [1.54, 1.807) is 18.2 Å². The van der Waals surface area contributed by atoms with Crippen LogP contribution in [0.15, 0.2) is 72.8 Å². The predicted octanol–water partition coefficient (Wildman–Crippen LogP) is 7.30. The topological polar surface area (TPSA) is 71.4 Å². The number of allylic oxidation sites excluding steroid dienone is 6. The van der Waals surface area contributed by atoms with E-state index < -0.39 is 6.09 Å². The van der Waals surface area contributed by atoms with Crippen molar-refractivity contribution in [3.05, 3.63) is 94.6 Å². The highest BCUT2D eigenvalue weighted by atomic mass is 35.5. The summed E-state index contributed by atoms with van der Waals surface area (Å²) in [5.74, 6) is 0.234. The minimum absolute atomic E-state index is 0.0175. The van der Waals surface area contributed by atoms with Gasteiger partial charge in [0.05, 0.1) is 11.1 Å². The maximum atomic E-state index is 12.1. The van der Waals surface area contributed by atoms with Crippen LogP contribution in [0.2, 0.25) is 5.02 Å². The molecule has 1 aliphatic rings. The molecule has 2 aromatic rings. The maximum Gasteiger partial charge on any atom is 0.414 e. The van der Waals surface area contributed by atoms with E-state index >= 15 is 0 Å². The zero-order chi connectivity index (χ0) is 24.2. The first-order valence-corrected chi connectivity index (χ1v) is 11.4. The molecule has 0 saturated heterocycles. The first-order valence-electron chi connectivity index (χ1n) is 11.1. The van der Waals surface area contributed by atoms with Gasteiger partial charge in [0.1, 0.15) is 5.75 Å². The molecule has 0 unspecified atom stereocenters. The van der Waals surface area contributed by atoms with Crippen molar-refractivity contribution in [2.24, 2.45) is 0 Å². The SMILES string of the molecule is CC.CC(C)Oc1ccc(C(=N)OC(=O)NCc2ccc(C3=CC=CCC=C3)cc2)cc1Cl. The fourth-order valence-corrected chi connectivity index (χ4v) is 3.17. The van der Waals surface area contributed by atoms with E-state index in [0.29, 0.717) is 22.9 Å². The third kappa shape index (κ3) is 8.28. The Labute approximate surface area is 201 Å². The van der Waals surface area contributed by atoms with Gasteiger partial charge in [0.15, 0.2) is 0 Å². The number of carbonyl (C=O) groups is 1. The molecule has 6 heteroatoms. The second-order valence-corrected chi connectivity index (χ2v) is 7.68. The number of carbonyl (C=O) groups excluding carboxylic acids is 1. The zero-order valence-electron chi connectivity index (χ0n) is 19.5. The Bertz CT molecular complexity index is 1040. The summed E-state index contributed by atoms with van der Waals surface area (Å²) in [5.41, 5.74) is 3.57. The van der Waals surface area contributed by atoms with Crippen molar-refractivity contribution in [1.29, 1.82) is 5.41 Å². The second-order valence-electron chi connectivity index (χ2n) is 7.27. The summed E-state index contributed by atoms with van der Waals surface area (Å²) in [6.45, 7) is 8.09. The number of hydrogen-bond acceptors (Lipinski definition) is 4. The Balaban J connectivity index is 0.00000187. The van der Waals surface area contributed by atoms with E-state index in [2.05, 4.69) is 29.6 Å². The summed E-state index contributed by atoms with van der Waals surface area (Å²) in [5, 5.41) is 11.0. The van der Waals surface area contributed by atoms with Gasteiger partial charge in [0.2, 0.25) is 5.90 Å². The van der Waals surface area contributed by atoms with Crippen LogP contribution in [0.1, 0.15) is 50.8 Å². The smallest absolute Gasteiger partial charge is 0.414 e. The zero-order valence-corrected chi connectivity index (χ0v) is 20.3. The van der Waals surface area contributed by atoms with E-state index in [1.807, 2.05) is 58.0 Å². The monoisotopic (exact) mass is 466 g/mol. The van der Waals surface area contributed by atoms with Crippen LogP contribution in [-0.2, 0) is 11.3 Å². The minimum atomic E-state index is -0.702. The molecule has 5 nitrogen and oxygen atoms in total. The van der Waals surface area contributed by atoms with Crippen molar-refractivity contribution in [3.63, 3.8) is 0 Å². The van der Waals surface area contributed by atoms with Crippen molar-refractivity contribution >= 4 is 29.2 Å². The number of alkyl carbamates (subject to hydrolysis) is 1. The molecule has 0 atom stereocenters. The minimum Gasteiger partial charge on any atom is -0.489 e. The quantitative estimate of drug-likeness (QED) is 0.346. The molecular formula is C27H31ClN2O3. The highest BCUT2D eigenvalue weighted by molar-refractivity contribution is 6.32. The molecule has 174 valence electrons. The van der Waals surface area contributed by atoms with Crippen LogP contribution in [0.4, 0.5) is 4.79 Å². The normalized spacial score (nSPS) is 12.2. The lowest BCUT2D eigenvalue weighted by Gasteiger charge is -2.13. The van der Waals surface area contributed by atoms with Gasteiger partial charge in [-0.25, -0.2) is 4.79 Å². The molecule has 0 aliphatic heterocycles. The summed E-state index contributed by atoms with van der Waals surface area (Å²) < 4.78 is 10.6. The molecular weight excluding hydrogens is 436 g/mol. The molecule has 0 spiro atoms. The molecule has 0 heterocycles. The summed E-state index contributed by atoms with van der Waals surface area (Å²) >= 11 is 6.18. The molecule has 1 amide bonds. The summed E-state index contributed by atoms with van der Waals surface area (Å²) in [4.78, 5) is 12.1. The van der Waals surface area contributed by atoms with Gasteiger partial charge in [0.25, 0.3) is 0 Å². The van der Waals surface area contributed by atoms with Gasteiger partial charge >= 0.3 is 6.09 Å². The van der Waals surface area contributed by atoms with Crippen LogP contribution in [0, 0.1) is 5.41 Å². The number of rotatable bonds is 6. The maximum absolute atomic E-state index is 12.1. The van der Waals surface area contributed by atoms with Gasteiger partial charge < -0.3 is 14.8 Å². The summed E-state index contributed by atoms with van der Waals surface area (Å²) in [7, 11) is 0. The molecule has 2 N–H and O–H groups in total. The average Bonchev–Trinajstić information content (AvgIpc) is 3.10. The highest BCUT2D eigenvalue weighted by Gasteiger charge is 2.12. The highest BCUT2D eigenvalue weighted by Crippen LogP contribution is 2.26. The Morgan fingerprint density at radius 2 is 1.85 bits per heavy atom. The Morgan fingerprint density at radius 3 is 2.52 bits per heavy atom. The third-order valence-electron chi connectivity index (χ3n) is 4.46. The fourth-order valence-electron chi connectivity index (χ4n) is 2.94. The van der Waals surface area contributed by atoms with Crippen LogP contribution < -0.4 is 10.1 Å². The van der Waals surface area contributed by atoms with Crippen LogP contribution in [-0.4, -0.2) is 18.1 Å². The molecule has 0 aromatic heterocycles. The molecule has 0 radical (unpaired) electrons. The van der Waals surface area contributed by atoms with Crippen LogP contribution in [0.3, 0.4) is 0 Å². The lowest BCUT2D eigenvalue weighted by molar-refractivity contribution is 0.196. The number of ether oxygens (including phenoxy) is 2. The van der Waals surface area contributed by atoms with E-state index in [4.69, 9.17) is 26.5 Å². The number of benzene rings is 2. The molecule has 0 saturated carbocycles. The number of hydrogen-bond donors (Lipinski definition) is 2. The van der Waals surface area contributed by atoms with Gasteiger partial charge in [0, 0.05) is 12.1 Å². The molecule has 1 aliphatic carbocycles. The second kappa shape index (κ2) is 13.3. The Kier molecular flexibility index (Phi) is 10.4. The van der Waals surface area contributed by atoms with Gasteiger partial charge in [-0.05, 0) is 55.2 Å². The molecule has 0 fully saturated rings. The number of halogens is 1. The predicted molar refractivity (Wildman–Crippen MR) is 136 cm³/mol. The van der Waals surface area contributed by atoms with E-state index in [1.165, 1.54) is 0 Å². The first-order chi connectivity index (χ1) is 15.9. The van der Waals surface area contributed by atoms with Gasteiger partial charge in [-0.2, -0.15) is 0 Å². The van der Waals surface area contributed by atoms with Gasteiger partial charge in [-0.15, -0.1) is 0 Å². The van der Waals surface area contributed by atoms with Crippen LogP contribution in [0.25, 0.3) is 5.57 Å². The van der Waals surface area contributed by atoms with Crippen molar-refractivity contribution in [2.45, 2.75) is 46.8 Å². The van der Waals surface area contributed by atoms with Crippen molar-refractivity contribution in [2.75, 3.05) is 0 Å². The lowest BCUT2D eigenvalue weighted by Crippen LogP contribution is -2.26. The van der Waals surface area contributed by atoms with Gasteiger partial charge in [-0.1, -0.05) is 80.1 Å². The van der Waals surface area contributed by atoms with Crippen molar-refractivity contribution in [1.82, 2.24) is 5.32 Å².